The zero-order valence-electron chi connectivity index (χ0n) is 8.20. The van der Waals surface area contributed by atoms with E-state index in [1.165, 1.54) is 0 Å². The molecule has 0 atom stereocenters. The second-order valence-corrected chi connectivity index (χ2v) is 3.31. The molecule has 0 bridgehead atoms. The molecule has 0 radical (unpaired) electrons. The Morgan fingerprint density at radius 1 is 1.25 bits per heavy atom. The molecule has 0 aliphatic heterocycles. The van der Waals surface area contributed by atoms with Crippen LogP contribution < -0.4 is 10.6 Å². The van der Waals surface area contributed by atoms with Gasteiger partial charge in [0.2, 0.25) is 0 Å². The Morgan fingerprint density at radius 3 is 2.31 bits per heavy atom. The summed E-state index contributed by atoms with van der Waals surface area (Å²) in [5.74, 6) is -1.40. The molecule has 0 heterocycles. The van der Waals surface area contributed by atoms with E-state index >= 15 is 0 Å². The number of phenolic OH excluding ortho intramolecular Hbond substituents is 3. The number of nitrogens with one attached hydrogen (secondary N) is 2. The summed E-state index contributed by atoms with van der Waals surface area (Å²) < 4.78 is 0. The molecule has 0 saturated carbocycles. The summed E-state index contributed by atoms with van der Waals surface area (Å²) in [4.78, 5) is 11.2. The molecule has 88 valence electrons. The molecule has 2 amide bonds. The van der Waals surface area contributed by atoms with E-state index in [1.807, 2.05) is 0 Å². The zero-order valence-corrected chi connectivity index (χ0v) is 8.95. The molecule has 1 aromatic carbocycles. The van der Waals surface area contributed by atoms with Crippen molar-refractivity contribution in [3.8, 4) is 17.2 Å². The van der Waals surface area contributed by atoms with Crippen LogP contribution in [0.4, 0.5) is 10.5 Å². The average molecular weight is 247 g/mol. The third-order valence-electron chi connectivity index (χ3n) is 1.71. The van der Waals surface area contributed by atoms with Crippen LogP contribution in [0.1, 0.15) is 0 Å². The first-order valence-corrected chi connectivity index (χ1v) is 4.93. The van der Waals surface area contributed by atoms with Crippen molar-refractivity contribution in [3.05, 3.63) is 12.1 Å². The van der Waals surface area contributed by atoms with Crippen molar-refractivity contribution in [2.24, 2.45) is 0 Å². The van der Waals surface area contributed by atoms with E-state index < -0.39 is 23.3 Å². The fourth-order valence-corrected chi connectivity index (χ4v) is 1.11. The van der Waals surface area contributed by atoms with E-state index in [2.05, 4.69) is 10.6 Å². The second-order valence-electron chi connectivity index (χ2n) is 2.93. The fourth-order valence-electron chi connectivity index (χ4n) is 1.01. The van der Waals surface area contributed by atoms with Crippen molar-refractivity contribution in [3.63, 3.8) is 0 Å². The van der Waals surface area contributed by atoms with E-state index in [9.17, 15) is 4.79 Å². The SMILES string of the molecule is O=C(NCCCl)Nc1cc(O)c(O)c(O)c1. The number of rotatable bonds is 3. The van der Waals surface area contributed by atoms with Crippen LogP contribution in [-0.4, -0.2) is 33.8 Å². The lowest BCUT2D eigenvalue weighted by Gasteiger charge is -2.08. The van der Waals surface area contributed by atoms with Gasteiger partial charge in [0, 0.05) is 24.6 Å². The Balaban J connectivity index is 2.71. The van der Waals surface area contributed by atoms with Gasteiger partial charge in [-0.3, -0.25) is 0 Å². The van der Waals surface area contributed by atoms with Crippen molar-refractivity contribution in [1.29, 1.82) is 0 Å². The van der Waals surface area contributed by atoms with Gasteiger partial charge in [0.25, 0.3) is 0 Å². The number of carbonyl (C=O) groups is 1. The average Bonchev–Trinajstić information content (AvgIpc) is 2.23. The van der Waals surface area contributed by atoms with Crippen molar-refractivity contribution < 1.29 is 20.1 Å². The number of hydrogen-bond acceptors (Lipinski definition) is 4. The molecule has 5 N–H and O–H groups in total. The predicted molar refractivity (Wildman–Crippen MR) is 59.2 cm³/mol. The maximum atomic E-state index is 11.2. The molecular weight excluding hydrogens is 236 g/mol. The van der Waals surface area contributed by atoms with Gasteiger partial charge in [-0.05, 0) is 0 Å². The number of amides is 2. The monoisotopic (exact) mass is 246 g/mol. The van der Waals surface area contributed by atoms with Crippen LogP contribution in [0.25, 0.3) is 0 Å². The summed E-state index contributed by atoms with van der Waals surface area (Å²) in [6, 6.07) is 1.69. The Kier molecular flexibility index (Phi) is 4.07. The van der Waals surface area contributed by atoms with Crippen LogP contribution in [0.5, 0.6) is 17.2 Å². The van der Waals surface area contributed by atoms with Gasteiger partial charge in [-0.15, -0.1) is 11.6 Å². The Hall–Kier alpha value is -1.82. The molecule has 0 spiro atoms. The lowest BCUT2D eigenvalue weighted by atomic mass is 10.2. The lowest BCUT2D eigenvalue weighted by molar-refractivity contribution is 0.252. The quantitative estimate of drug-likeness (QED) is 0.314. The lowest BCUT2D eigenvalue weighted by Crippen LogP contribution is -2.30. The van der Waals surface area contributed by atoms with Crippen molar-refractivity contribution in [2.45, 2.75) is 0 Å². The van der Waals surface area contributed by atoms with Gasteiger partial charge >= 0.3 is 6.03 Å². The Labute approximate surface area is 96.5 Å². The number of benzene rings is 1. The summed E-state index contributed by atoms with van der Waals surface area (Å²) in [6.07, 6.45) is 0. The third-order valence-corrected chi connectivity index (χ3v) is 1.90. The van der Waals surface area contributed by atoms with E-state index in [0.29, 0.717) is 6.54 Å². The molecule has 1 aromatic rings. The van der Waals surface area contributed by atoms with Crippen molar-refractivity contribution in [1.82, 2.24) is 5.32 Å². The molecule has 1 rings (SSSR count). The van der Waals surface area contributed by atoms with Crippen molar-refractivity contribution >= 4 is 23.3 Å². The number of urea groups is 1. The van der Waals surface area contributed by atoms with E-state index in [1.54, 1.807) is 0 Å². The standard InChI is InChI=1S/C9H11ClN2O4/c10-1-2-11-9(16)12-5-3-6(13)8(15)7(14)4-5/h3-4,13-15H,1-2H2,(H2,11,12,16). The third kappa shape index (κ3) is 3.09. The summed E-state index contributed by atoms with van der Waals surface area (Å²) in [5.41, 5.74) is 0.153. The minimum atomic E-state index is -0.633. The molecule has 0 aliphatic rings. The number of hydrogen-bond donors (Lipinski definition) is 5. The number of alkyl halides is 1. The maximum absolute atomic E-state index is 11.2. The summed E-state index contributed by atoms with van der Waals surface area (Å²) in [6.45, 7) is 0.295. The van der Waals surface area contributed by atoms with Crippen LogP contribution in [0.15, 0.2) is 12.1 Å². The highest BCUT2D eigenvalue weighted by Crippen LogP contribution is 2.37. The number of phenols is 3. The highest BCUT2D eigenvalue weighted by atomic mass is 35.5. The van der Waals surface area contributed by atoms with Gasteiger partial charge in [-0.1, -0.05) is 0 Å². The normalized spacial score (nSPS) is 9.81. The van der Waals surface area contributed by atoms with Crippen LogP contribution in [0.2, 0.25) is 0 Å². The largest absolute Gasteiger partial charge is 0.504 e. The first-order chi connectivity index (χ1) is 7.54. The van der Waals surface area contributed by atoms with Crippen LogP contribution >= 0.6 is 11.6 Å². The number of anilines is 1. The first kappa shape index (κ1) is 12.3. The van der Waals surface area contributed by atoms with E-state index in [4.69, 9.17) is 26.9 Å². The topological polar surface area (TPSA) is 102 Å². The molecule has 16 heavy (non-hydrogen) atoms. The Bertz CT molecular complexity index is 374. The van der Waals surface area contributed by atoms with Crippen LogP contribution in [-0.2, 0) is 0 Å². The van der Waals surface area contributed by atoms with Crippen LogP contribution in [0.3, 0.4) is 0 Å². The van der Waals surface area contributed by atoms with Crippen molar-refractivity contribution in [2.75, 3.05) is 17.7 Å². The minimum Gasteiger partial charge on any atom is -0.504 e. The zero-order chi connectivity index (χ0) is 12.1. The smallest absolute Gasteiger partial charge is 0.319 e. The molecule has 0 aliphatic carbocycles. The summed E-state index contributed by atoms with van der Waals surface area (Å²) in [7, 11) is 0. The summed E-state index contributed by atoms with van der Waals surface area (Å²) >= 11 is 5.36. The van der Waals surface area contributed by atoms with Gasteiger partial charge in [0.1, 0.15) is 0 Å². The molecule has 7 heteroatoms. The molecule has 0 fully saturated rings. The van der Waals surface area contributed by atoms with Gasteiger partial charge in [0.15, 0.2) is 17.2 Å². The first-order valence-electron chi connectivity index (χ1n) is 4.40. The molecule has 0 saturated heterocycles. The number of aromatic hydroxyl groups is 3. The summed E-state index contributed by atoms with van der Waals surface area (Å²) in [5, 5.41) is 32.2. The fraction of sp³-hybridized carbons (Fsp3) is 0.222. The van der Waals surface area contributed by atoms with Crippen LogP contribution in [0, 0.1) is 0 Å². The number of halogens is 1. The number of carbonyl (C=O) groups excluding carboxylic acids is 1. The highest BCUT2D eigenvalue weighted by Gasteiger charge is 2.09. The maximum Gasteiger partial charge on any atom is 0.319 e. The van der Waals surface area contributed by atoms with Gasteiger partial charge in [0.05, 0.1) is 5.69 Å². The van der Waals surface area contributed by atoms with E-state index in [0.717, 1.165) is 12.1 Å². The highest BCUT2D eigenvalue weighted by molar-refractivity contribution is 6.18. The molecular formula is C9H11ClN2O4. The predicted octanol–water partition coefficient (Wildman–Crippen LogP) is 1.16. The minimum absolute atomic E-state index is 0.153. The Morgan fingerprint density at radius 2 is 1.81 bits per heavy atom. The second kappa shape index (κ2) is 5.32. The molecule has 0 unspecified atom stereocenters. The molecule has 6 nitrogen and oxygen atoms in total. The van der Waals surface area contributed by atoms with Gasteiger partial charge in [-0.2, -0.15) is 0 Å². The van der Waals surface area contributed by atoms with E-state index in [-0.39, 0.29) is 11.6 Å². The molecule has 0 aromatic heterocycles. The van der Waals surface area contributed by atoms with Gasteiger partial charge in [-0.25, -0.2) is 4.79 Å². The van der Waals surface area contributed by atoms with Gasteiger partial charge < -0.3 is 26.0 Å².